The summed E-state index contributed by atoms with van der Waals surface area (Å²) in [7, 11) is 0. The molecule has 1 unspecified atom stereocenters. The third kappa shape index (κ3) is 3.06. The quantitative estimate of drug-likeness (QED) is 0.754. The molecule has 0 saturated heterocycles. The van der Waals surface area contributed by atoms with E-state index in [4.69, 9.17) is 4.74 Å². The van der Waals surface area contributed by atoms with Crippen LogP contribution in [0.2, 0.25) is 0 Å². The molecule has 1 aromatic rings. The summed E-state index contributed by atoms with van der Waals surface area (Å²) in [6, 6.07) is 1.71. The van der Waals surface area contributed by atoms with Gasteiger partial charge in [0, 0.05) is 18.8 Å². The van der Waals surface area contributed by atoms with Crippen LogP contribution in [0.1, 0.15) is 19.8 Å². The summed E-state index contributed by atoms with van der Waals surface area (Å²) >= 11 is 0. The van der Waals surface area contributed by atoms with Gasteiger partial charge in [-0.05, 0) is 25.7 Å². The molecule has 16 heavy (non-hydrogen) atoms. The molecular formula is C11H17N3O2. The van der Waals surface area contributed by atoms with Gasteiger partial charge in [0.05, 0.1) is 12.7 Å². The molecule has 1 fully saturated rings. The first-order chi connectivity index (χ1) is 7.79. The number of anilines is 1. The van der Waals surface area contributed by atoms with Gasteiger partial charge in [-0.2, -0.15) is 4.98 Å². The highest BCUT2D eigenvalue weighted by molar-refractivity contribution is 5.27. The van der Waals surface area contributed by atoms with Gasteiger partial charge in [0.2, 0.25) is 11.8 Å². The highest BCUT2D eigenvalue weighted by atomic mass is 16.5. The molecule has 1 aliphatic carbocycles. The van der Waals surface area contributed by atoms with Crippen molar-refractivity contribution in [3.05, 3.63) is 12.3 Å². The predicted octanol–water partition coefficient (Wildman–Crippen LogP) is 1.06. The van der Waals surface area contributed by atoms with Crippen LogP contribution in [-0.2, 0) is 0 Å². The lowest BCUT2D eigenvalue weighted by molar-refractivity contribution is 0.164. The number of aromatic nitrogens is 2. The predicted molar refractivity (Wildman–Crippen MR) is 60.4 cm³/mol. The minimum Gasteiger partial charge on any atom is -0.478 e. The lowest BCUT2D eigenvalue weighted by atomic mass is 10.2. The largest absolute Gasteiger partial charge is 0.478 e. The number of ether oxygens (including phenoxy) is 1. The number of hydrogen-bond acceptors (Lipinski definition) is 5. The smallest absolute Gasteiger partial charge is 0.226 e. The van der Waals surface area contributed by atoms with Crippen molar-refractivity contribution in [2.45, 2.75) is 25.9 Å². The molecule has 0 bridgehead atoms. The van der Waals surface area contributed by atoms with Gasteiger partial charge in [-0.1, -0.05) is 0 Å². The highest BCUT2D eigenvalue weighted by Crippen LogP contribution is 2.32. The zero-order chi connectivity index (χ0) is 11.4. The van der Waals surface area contributed by atoms with Crippen LogP contribution < -0.4 is 10.1 Å². The zero-order valence-electron chi connectivity index (χ0n) is 9.39. The summed E-state index contributed by atoms with van der Waals surface area (Å²) in [5.74, 6) is 1.52. The molecule has 1 atom stereocenters. The van der Waals surface area contributed by atoms with Gasteiger partial charge in [0.15, 0.2) is 0 Å². The Morgan fingerprint density at radius 3 is 3.12 bits per heavy atom. The Kier molecular flexibility index (Phi) is 3.56. The van der Waals surface area contributed by atoms with Gasteiger partial charge in [0.1, 0.15) is 0 Å². The molecule has 88 valence electrons. The molecular weight excluding hydrogens is 206 g/mol. The first kappa shape index (κ1) is 11.1. The molecule has 0 aliphatic heterocycles. The Bertz CT molecular complexity index is 342. The van der Waals surface area contributed by atoms with Crippen molar-refractivity contribution >= 4 is 5.95 Å². The third-order valence-electron chi connectivity index (χ3n) is 2.56. The molecule has 0 radical (unpaired) electrons. The molecule has 2 rings (SSSR count). The van der Waals surface area contributed by atoms with Gasteiger partial charge in [-0.25, -0.2) is 4.98 Å². The molecule has 5 nitrogen and oxygen atoms in total. The molecule has 1 aliphatic rings. The molecule has 0 aromatic carbocycles. The van der Waals surface area contributed by atoms with E-state index in [1.807, 2.05) is 6.92 Å². The third-order valence-corrected chi connectivity index (χ3v) is 2.56. The van der Waals surface area contributed by atoms with Crippen molar-refractivity contribution in [2.75, 3.05) is 18.5 Å². The number of nitrogens with zero attached hydrogens (tertiary/aromatic N) is 2. The van der Waals surface area contributed by atoms with Gasteiger partial charge in [0.25, 0.3) is 0 Å². The topological polar surface area (TPSA) is 67.3 Å². The standard InChI is InChI=1S/C11H17N3O2/c1-2-16-10-5-6-12-11(14-10)13-7-9(15)8-3-4-8/h5-6,8-9,15H,2-4,7H2,1H3,(H,12,13,14). The molecule has 2 N–H and O–H groups in total. The van der Waals surface area contributed by atoms with Crippen molar-refractivity contribution in [3.8, 4) is 5.88 Å². The van der Waals surface area contributed by atoms with Crippen LogP contribution in [0.25, 0.3) is 0 Å². The van der Waals surface area contributed by atoms with Crippen molar-refractivity contribution in [1.82, 2.24) is 9.97 Å². The van der Waals surface area contributed by atoms with Crippen molar-refractivity contribution in [3.63, 3.8) is 0 Å². The number of nitrogens with one attached hydrogen (secondary N) is 1. The lowest BCUT2D eigenvalue weighted by Gasteiger charge is -2.10. The van der Waals surface area contributed by atoms with Crippen molar-refractivity contribution in [2.24, 2.45) is 5.92 Å². The zero-order valence-corrected chi connectivity index (χ0v) is 9.39. The van der Waals surface area contributed by atoms with Crippen molar-refractivity contribution < 1.29 is 9.84 Å². The Morgan fingerprint density at radius 1 is 1.62 bits per heavy atom. The molecule has 1 aromatic heterocycles. The van der Waals surface area contributed by atoms with E-state index < -0.39 is 0 Å². The number of rotatable bonds is 6. The fourth-order valence-corrected chi connectivity index (χ4v) is 1.50. The van der Waals surface area contributed by atoms with E-state index in [0.717, 1.165) is 12.8 Å². The van der Waals surface area contributed by atoms with Gasteiger partial charge in [-0.15, -0.1) is 0 Å². The van der Waals surface area contributed by atoms with Crippen LogP contribution in [0.15, 0.2) is 12.3 Å². The maximum Gasteiger partial charge on any atom is 0.226 e. The normalized spacial score (nSPS) is 16.9. The van der Waals surface area contributed by atoms with Crippen LogP contribution >= 0.6 is 0 Å². The fourth-order valence-electron chi connectivity index (χ4n) is 1.50. The van der Waals surface area contributed by atoms with Crippen LogP contribution in [0.5, 0.6) is 5.88 Å². The maximum absolute atomic E-state index is 9.67. The van der Waals surface area contributed by atoms with Crippen LogP contribution in [-0.4, -0.2) is 34.3 Å². The SMILES string of the molecule is CCOc1ccnc(NCC(O)C2CC2)n1. The van der Waals surface area contributed by atoms with E-state index >= 15 is 0 Å². The molecule has 5 heteroatoms. The summed E-state index contributed by atoms with van der Waals surface area (Å²) in [5, 5.41) is 12.7. The van der Waals surface area contributed by atoms with E-state index in [2.05, 4.69) is 15.3 Å². The Balaban J connectivity index is 1.85. The molecule has 1 saturated carbocycles. The van der Waals surface area contributed by atoms with Crippen LogP contribution in [0.3, 0.4) is 0 Å². The van der Waals surface area contributed by atoms with Crippen LogP contribution in [0, 0.1) is 5.92 Å². The van der Waals surface area contributed by atoms with Crippen molar-refractivity contribution in [1.29, 1.82) is 0 Å². The molecule has 1 heterocycles. The Labute approximate surface area is 94.9 Å². The Hall–Kier alpha value is -1.36. The first-order valence-electron chi connectivity index (χ1n) is 5.67. The van der Waals surface area contributed by atoms with Gasteiger partial charge < -0.3 is 15.2 Å². The maximum atomic E-state index is 9.67. The second-order valence-corrected chi connectivity index (χ2v) is 3.94. The lowest BCUT2D eigenvalue weighted by Crippen LogP contribution is -2.22. The highest BCUT2D eigenvalue weighted by Gasteiger charge is 2.29. The fraction of sp³-hybridized carbons (Fsp3) is 0.636. The van der Waals surface area contributed by atoms with Gasteiger partial charge in [-0.3, -0.25) is 0 Å². The Morgan fingerprint density at radius 2 is 2.44 bits per heavy atom. The van der Waals surface area contributed by atoms with E-state index in [0.29, 0.717) is 30.9 Å². The monoisotopic (exact) mass is 223 g/mol. The first-order valence-corrected chi connectivity index (χ1v) is 5.67. The minimum atomic E-state index is -0.292. The van der Waals surface area contributed by atoms with E-state index in [1.165, 1.54) is 0 Å². The second kappa shape index (κ2) is 5.12. The number of aliphatic hydroxyl groups is 1. The second-order valence-electron chi connectivity index (χ2n) is 3.94. The number of hydrogen-bond donors (Lipinski definition) is 2. The summed E-state index contributed by atoms with van der Waals surface area (Å²) in [6.07, 6.45) is 3.61. The molecule has 0 spiro atoms. The van der Waals surface area contributed by atoms with Gasteiger partial charge >= 0.3 is 0 Å². The molecule has 0 amide bonds. The van der Waals surface area contributed by atoms with E-state index in [-0.39, 0.29) is 6.10 Å². The van der Waals surface area contributed by atoms with Crippen LogP contribution in [0.4, 0.5) is 5.95 Å². The number of aliphatic hydroxyl groups excluding tert-OH is 1. The minimum absolute atomic E-state index is 0.292. The van der Waals surface area contributed by atoms with E-state index in [9.17, 15) is 5.11 Å². The van der Waals surface area contributed by atoms with E-state index in [1.54, 1.807) is 12.3 Å². The average Bonchev–Trinajstić information content (AvgIpc) is 3.11. The summed E-state index contributed by atoms with van der Waals surface area (Å²) in [4.78, 5) is 8.22. The summed E-state index contributed by atoms with van der Waals surface area (Å²) in [5.41, 5.74) is 0. The summed E-state index contributed by atoms with van der Waals surface area (Å²) < 4.78 is 5.26. The summed E-state index contributed by atoms with van der Waals surface area (Å²) in [6.45, 7) is 2.99. The average molecular weight is 223 g/mol.